The third kappa shape index (κ3) is 4.12. The van der Waals surface area contributed by atoms with Crippen LogP contribution >= 0.6 is 27.7 Å². The van der Waals surface area contributed by atoms with E-state index in [2.05, 4.69) is 29.8 Å². The minimum absolute atomic E-state index is 0.559. The molecule has 0 aliphatic rings. The molecule has 0 radical (unpaired) electrons. The van der Waals surface area contributed by atoms with E-state index in [9.17, 15) is 4.79 Å². The van der Waals surface area contributed by atoms with Crippen LogP contribution in [0.5, 0.6) is 11.5 Å². The Morgan fingerprint density at radius 3 is 2.35 bits per heavy atom. The van der Waals surface area contributed by atoms with Crippen molar-refractivity contribution in [3.63, 3.8) is 0 Å². The number of ether oxygens (including phenoxy) is 1. The Bertz CT molecular complexity index is 594. The summed E-state index contributed by atoms with van der Waals surface area (Å²) in [5.41, 5.74) is 0.578. The van der Waals surface area contributed by atoms with E-state index in [-0.39, 0.29) is 0 Å². The number of hydrogen-bond donors (Lipinski definition) is 0. The smallest absolute Gasteiger partial charge is 0.151 e. The van der Waals surface area contributed by atoms with Gasteiger partial charge in [0.05, 0.1) is 0 Å². The molecule has 0 saturated heterocycles. The average Bonchev–Trinajstić information content (AvgIpc) is 2.42. The van der Waals surface area contributed by atoms with Crippen LogP contribution in [0.3, 0.4) is 0 Å². The second-order valence-corrected chi connectivity index (χ2v) is 7.05. The molecule has 0 aromatic heterocycles. The first-order valence-corrected chi connectivity index (χ1v) is 7.95. The molecular formula is C16H15BrO2S. The lowest BCUT2D eigenvalue weighted by molar-refractivity contribution is 0.112. The highest BCUT2D eigenvalue weighted by Gasteiger charge is 2.04. The second kappa shape index (κ2) is 6.95. The lowest BCUT2D eigenvalue weighted by Crippen LogP contribution is -1.89. The van der Waals surface area contributed by atoms with Gasteiger partial charge in [0.1, 0.15) is 11.5 Å². The Labute approximate surface area is 131 Å². The summed E-state index contributed by atoms with van der Waals surface area (Å²) >= 11 is 5.13. The summed E-state index contributed by atoms with van der Waals surface area (Å²) in [6, 6.07) is 13.3. The maximum atomic E-state index is 10.9. The molecule has 0 spiro atoms. The summed E-state index contributed by atoms with van der Waals surface area (Å²) in [7, 11) is 0. The van der Waals surface area contributed by atoms with E-state index < -0.39 is 0 Å². The Hall–Kier alpha value is -1.26. The molecule has 20 heavy (non-hydrogen) atoms. The molecule has 0 unspecified atom stereocenters. The summed E-state index contributed by atoms with van der Waals surface area (Å²) in [6.45, 7) is 4.33. The van der Waals surface area contributed by atoms with Crippen molar-refractivity contribution in [1.29, 1.82) is 0 Å². The zero-order valence-corrected chi connectivity index (χ0v) is 13.7. The second-order valence-electron chi connectivity index (χ2n) is 4.54. The molecule has 0 aliphatic carbocycles. The van der Waals surface area contributed by atoms with E-state index in [1.165, 1.54) is 4.90 Å². The molecule has 2 aromatic rings. The Kier molecular flexibility index (Phi) is 5.26. The van der Waals surface area contributed by atoms with Gasteiger partial charge in [-0.25, -0.2) is 0 Å². The van der Waals surface area contributed by atoms with E-state index in [0.29, 0.717) is 16.6 Å². The minimum Gasteiger partial charge on any atom is -0.457 e. The predicted molar refractivity (Wildman–Crippen MR) is 87.0 cm³/mol. The van der Waals surface area contributed by atoms with Crippen LogP contribution in [0, 0.1) is 0 Å². The van der Waals surface area contributed by atoms with Crippen LogP contribution in [-0.2, 0) is 0 Å². The van der Waals surface area contributed by atoms with Gasteiger partial charge in [0.15, 0.2) is 6.29 Å². The van der Waals surface area contributed by atoms with Crippen molar-refractivity contribution in [3.05, 3.63) is 52.5 Å². The van der Waals surface area contributed by atoms with Gasteiger partial charge < -0.3 is 4.74 Å². The van der Waals surface area contributed by atoms with Crippen LogP contribution in [0.4, 0.5) is 0 Å². The van der Waals surface area contributed by atoms with Gasteiger partial charge in [-0.1, -0.05) is 29.8 Å². The number of halogens is 1. The van der Waals surface area contributed by atoms with Crippen LogP contribution < -0.4 is 4.74 Å². The summed E-state index contributed by atoms with van der Waals surface area (Å²) in [5, 5.41) is 0.559. The van der Waals surface area contributed by atoms with E-state index in [0.717, 1.165) is 16.5 Å². The van der Waals surface area contributed by atoms with Crippen LogP contribution in [0.15, 0.2) is 51.8 Å². The topological polar surface area (TPSA) is 26.3 Å². The van der Waals surface area contributed by atoms with Gasteiger partial charge in [0.25, 0.3) is 0 Å². The van der Waals surface area contributed by atoms with E-state index in [1.807, 2.05) is 48.2 Å². The molecule has 104 valence electrons. The van der Waals surface area contributed by atoms with Gasteiger partial charge in [-0.15, -0.1) is 11.8 Å². The lowest BCUT2D eigenvalue weighted by Gasteiger charge is -2.09. The third-order valence-electron chi connectivity index (χ3n) is 2.53. The monoisotopic (exact) mass is 350 g/mol. The zero-order chi connectivity index (χ0) is 14.5. The van der Waals surface area contributed by atoms with Gasteiger partial charge in [0, 0.05) is 20.2 Å². The fourth-order valence-electron chi connectivity index (χ4n) is 1.67. The molecule has 2 nitrogen and oxygen atoms in total. The van der Waals surface area contributed by atoms with Crippen LogP contribution in [-0.4, -0.2) is 11.5 Å². The van der Waals surface area contributed by atoms with Crippen LogP contribution in [0.25, 0.3) is 0 Å². The van der Waals surface area contributed by atoms with Gasteiger partial charge in [-0.05, 0) is 42.5 Å². The quantitative estimate of drug-likeness (QED) is 0.521. The highest BCUT2D eigenvalue weighted by molar-refractivity contribution is 9.10. The summed E-state index contributed by atoms with van der Waals surface area (Å²) in [5.74, 6) is 1.41. The first kappa shape index (κ1) is 15.1. The maximum absolute atomic E-state index is 10.9. The Morgan fingerprint density at radius 1 is 1.10 bits per heavy atom. The Morgan fingerprint density at radius 2 is 1.75 bits per heavy atom. The fraction of sp³-hybridized carbons (Fsp3) is 0.188. The lowest BCUT2D eigenvalue weighted by atomic mass is 10.2. The van der Waals surface area contributed by atoms with Crippen molar-refractivity contribution in [1.82, 2.24) is 0 Å². The molecule has 2 aromatic carbocycles. The highest BCUT2D eigenvalue weighted by atomic mass is 79.9. The zero-order valence-electron chi connectivity index (χ0n) is 11.3. The maximum Gasteiger partial charge on any atom is 0.151 e. The molecular weight excluding hydrogens is 336 g/mol. The SMILES string of the molecule is CC(C)Sc1ccc(Oc2ccc(Br)c(C=O)c2)cc1. The molecule has 2 rings (SSSR count). The Balaban J connectivity index is 2.11. The van der Waals surface area contributed by atoms with Gasteiger partial charge in [-0.2, -0.15) is 0 Å². The highest BCUT2D eigenvalue weighted by Crippen LogP contribution is 2.29. The number of aldehydes is 1. The molecule has 0 fully saturated rings. The molecule has 0 amide bonds. The number of rotatable bonds is 5. The van der Waals surface area contributed by atoms with Gasteiger partial charge in [-0.3, -0.25) is 4.79 Å². The molecule has 0 atom stereocenters. The molecule has 0 bridgehead atoms. The van der Waals surface area contributed by atoms with Crippen LogP contribution in [0.2, 0.25) is 0 Å². The first-order chi connectivity index (χ1) is 9.58. The van der Waals surface area contributed by atoms with Crippen molar-refractivity contribution in [3.8, 4) is 11.5 Å². The van der Waals surface area contributed by atoms with E-state index in [1.54, 1.807) is 6.07 Å². The van der Waals surface area contributed by atoms with Crippen molar-refractivity contribution in [2.45, 2.75) is 24.0 Å². The number of hydrogen-bond acceptors (Lipinski definition) is 3. The van der Waals surface area contributed by atoms with Crippen molar-refractivity contribution < 1.29 is 9.53 Å². The van der Waals surface area contributed by atoms with E-state index >= 15 is 0 Å². The predicted octanol–water partition coefficient (Wildman–Crippen LogP) is 5.55. The molecule has 0 saturated carbocycles. The number of benzene rings is 2. The van der Waals surface area contributed by atoms with Crippen molar-refractivity contribution >= 4 is 34.0 Å². The number of carbonyl (C=O) groups is 1. The average molecular weight is 351 g/mol. The van der Waals surface area contributed by atoms with Gasteiger partial charge >= 0.3 is 0 Å². The van der Waals surface area contributed by atoms with Gasteiger partial charge in [0.2, 0.25) is 0 Å². The first-order valence-electron chi connectivity index (χ1n) is 6.28. The largest absolute Gasteiger partial charge is 0.457 e. The summed E-state index contributed by atoms with van der Waals surface area (Å²) < 4.78 is 6.51. The number of carbonyl (C=O) groups excluding carboxylic acids is 1. The third-order valence-corrected chi connectivity index (χ3v) is 4.26. The van der Waals surface area contributed by atoms with E-state index in [4.69, 9.17) is 4.74 Å². The molecule has 0 aliphatic heterocycles. The molecule has 4 heteroatoms. The summed E-state index contributed by atoms with van der Waals surface area (Å²) in [4.78, 5) is 12.1. The molecule has 0 heterocycles. The fourth-order valence-corrected chi connectivity index (χ4v) is 2.85. The molecule has 0 N–H and O–H groups in total. The number of thioether (sulfide) groups is 1. The summed E-state index contributed by atoms with van der Waals surface area (Å²) in [6.07, 6.45) is 0.805. The standard InChI is InChI=1S/C16H15BrO2S/c1-11(2)20-15-6-3-13(4-7-15)19-14-5-8-16(17)12(9-14)10-18/h3-11H,1-2H3. The minimum atomic E-state index is 0.559. The normalized spacial score (nSPS) is 10.6. The van der Waals surface area contributed by atoms with Crippen LogP contribution in [0.1, 0.15) is 24.2 Å². The van der Waals surface area contributed by atoms with Crippen molar-refractivity contribution in [2.24, 2.45) is 0 Å². The van der Waals surface area contributed by atoms with Crippen molar-refractivity contribution in [2.75, 3.05) is 0 Å².